The lowest BCUT2D eigenvalue weighted by Crippen LogP contribution is -2.62. The van der Waals surface area contributed by atoms with E-state index in [1.165, 1.54) is 17.4 Å². The molecule has 2 saturated heterocycles. The second-order valence-corrected chi connectivity index (χ2v) is 9.94. The van der Waals surface area contributed by atoms with Crippen LogP contribution in [0, 0.1) is 12.7 Å². The van der Waals surface area contributed by atoms with Crippen molar-refractivity contribution in [3.05, 3.63) is 46.5 Å². The van der Waals surface area contributed by atoms with Crippen molar-refractivity contribution in [1.29, 1.82) is 0 Å². The highest BCUT2D eigenvalue weighted by molar-refractivity contribution is 7.19. The van der Waals surface area contributed by atoms with Crippen molar-refractivity contribution in [2.24, 2.45) is 0 Å². The number of likely N-dealkylation sites (tertiary alicyclic amines) is 1. The van der Waals surface area contributed by atoms with E-state index in [9.17, 15) is 14.0 Å². The molecular formula is C23H25FN6O3S. The fourth-order valence-electron chi connectivity index (χ4n) is 4.16. The number of thiophene rings is 1. The summed E-state index contributed by atoms with van der Waals surface area (Å²) in [6.07, 6.45) is 3.96. The Bertz CT molecular complexity index is 1240. The molecule has 2 unspecified atom stereocenters. The van der Waals surface area contributed by atoms with Crippen LogP contribution in [0.2, 0.25) is 0 Å². The lowest BCUT2D eigenvalue weighted by atomic mass is 10.1. The lowest BCUT2D eigenvalue weighted by Gasteiger charge is -2.39. The molecule has 0 aromatic carbocycles. The average molecular weight is 485 g/mol. The molecule has 2 aliphatic rings. The number of nitrogens with zero attached hydrogens (tertiary/aromatic N) is 4. The van der Waals surface area contributed by atoms with Crippen molar-refractivity contribution in [3.8, 4) is 0 Å². The van der Waals surface area contributed by atoms with Crippen molar-refractivity contribution >= 4 is 39.3 Å². The first-order chi connectivity index (χ1) is 16.4. The van der Waals surface area contributed by atoms with E-state index in [1.54, 1.807) is 11.1 Å². The van der Waals surface area contributed by atoms with Crippen molar-refractivity contribution in [2.45, 2.75) is 44.9 Å². The molecule has 2 aliphatic heterocycles. The zero-order valence-corrected chi connectivity index (χ0v) is 19.7. The fourth-order valence-corrected chi connectivity index (χ4v) is 5.10. The van der Waals surface area contributed by atoms with Gasteiger partial charge in [-0.2, -0.15) is 0 Å². The summed E-state index contributed by atoms with van der Waals surface area (Å²) < 4.78 is 19.7. The third kappa shape index (κ3) is 4.58. The third-order valence-corrected chi connectivity index (χ3v) is 7.05. The molecule has 2 fully saturated rings. The zero-order chi connectivity index (χ0) is 23.8. The van der Waals surface area contributed by atoms with Crippen LogP contribution in [-0.4, -0.2) is 63.5 Å². The van der Waals surface area contributed by atoms with E-state index in [0.717, 1.165) is 28.6 Å². The minimum atomic E-state index is -0.425. The molecule has 0 aliphatic carbocycles. The van der Waals surface area contributed by atoms with Crippen molar-refractivity contribution in [3.63, 3.8) is 0 Å². The molecule has 178 valence electrons. The summed E-state index contributed by atoms with van der Waals surface area (Å²) in [5.41, 5.74) is 1.64. The second kappa shape index (κ2) is 9.22. The van der Waals surface area contributed by atoms with Crippen LogP contribution in [0.3, 0.4) is 0 Å². The number of ether oxygens (including phenoxy) is 1. The fraction of sp³-hybridized carbons (Fsp3) is 0.435. The first-order valence-electron chi connectivity index (χ1n) is 11.2. The summed E-state index contributed by atoms with van der Waals surface area (Å²) in [7, 11) is 0. The molecule has 2 atom stereocenters. The Balaban J connectivity index is 1.31. The van der Waals surface area contributed by atoms with Crippen LogP contribution in [0.15, 0.2) is 24.5 Å². The molecule has 0 spiro atoms. The molecule has 3 aromatic rings. The number of hydrogen-bond donors (Lipinski definition) is 2. The minimum absolute atomic E-state index is 0.0962. The maximum atomic E-state index is 13.6. The van der Waals surface area contributed by atoms with Crippen LogP contribution in [0.25, 0.3) is 10.2 Å². The molecule has 0 bridgehead atoms. The topological polar surface area (TPSA) is 109 Å². The summed E-state index contributed by atoms with van der Waals surface area (Å²) in [6.45, 7) is 5.25. The summed E-state index contributed by atoms with van der Waals surface area (Å²) in [4.78, 5) is 41.2. The van der Waals surface area contributed by atoms with E-state index in [2.05, 4.69) is 25.6 Å². The average Bonchev–Trinajstić information content (AvgIpc) is 3.44. The first-order valence-corrected chi connectivity index (χ1v) is 12.1. The summed E-state index contributed by atoms with van der Waals surface area (Å²) in [5, 5.41) is 6.12. The number of hydrogen-bond acceptors (Lipinski definition) is 8. The van der Waals surface area contributed by atoms with Gasteiger partial charge in [0.1, 0.15) is 11.9 Å². The Morgan fingerprint density at radius 2 is 2.09 bits per heavy atom. The maximum Gasteiger partial charge on any atom is 0.274 e. The predicted octanol–water partition coefficient (Wildman–Crippen LogP) is 2.83. The summed E-state index contributed by atoms with van der Waals surface area (Å²) >= 11 is 1.47. The Morgan fingerprint density at radius 1 is 1.26 bits per heavy atom. The molecular weight excluding hydrogens is 459 g/mol. The van der Waals surface area contributed by atoms with E-state index >= 15 is 0 Å². The van der Waals surface area contributed by atoms with Crippen LogP contribution in [0.5, 0.6) is 0 Å². The Morgan fingerprint density at radius 3 is 2.82 bits per heavy atom. The van der Waals surface area contributed by atoms with Gasteiger partial charge in [0, 0.05) is 30.8 Å². The number of pyridine rings is 1. The number of nitrogens with one attached hydrogen (secondary N) is 2. The molecule has 2 N–H and O–H groups in total. The van der Waals surface area contributed by atoms with Gasteiger partial charge in [0.25, 0.3) is 5.91 Å². The van der Waals surface area contributed by atoms with Crippen LogP contribution in [-0.2, 0) is 9.53 Å². The second-order valence-electron chi connectivity index (χ2n) is 8.69. The van der Waals surface area contributed by atoms with Crippen molar-refractivity contribution < 1.29 is 18.7 Å². The number of aryl methyl sites for hydroxylation is 1. The number of amides is 2. The number of anilines is 1. The van der Waals surface area contributed by atoms with Gasteiger partial charge < -0.3 is 20.3 Å². The Labute approximate surface area is 199 Å². The molecule has 0 saturated carbocycles. The number of halogens is 1. The number of rotatable bonds is 6. The number of aromatic nitrogens is 3. The predicted molar refractivity (Wildman–Crippen MR) is 125 cm³/mol. The summed E-state index contributed by atoms with van der Waals surface area (Å²) in [6, 6.07) is 2.90. The quantitative estimate of drug-likeness (QED) is 0.554. The van der Waals surface area contributed by atoms with E-state index in [4.69, 9.17) is 4.74 Å². The largest absolute Gasteiger partial charge is 0.368 e. The van der Waals surface area contributed by atoms with E-state index < -0.39 is 5.82 Å². The highest BCUT2D eigenvalue weighted by Gasteiger charge is 2.36. The van der Waals surface area contributed by atoms with Crippen LogP contribution in [0.4, 0.5) is 10.3 Å². The smallest absolute Gasteiger partial charge is 0.274 e. The zero-order valence-electron chi connectivity index (χ0n) is 18.9. The molecule has 2 amide bonds. The Hall–Kier alpha value is -3.18. The van der Waals surface area contributed by atoms with Crippen molar-refractivity contribution in [2.75, 3.05) is 25.0 Å². The molecule has 3 aromatic heterocycles. The minimum Gasteiger partial charge on any atom is -0.368 e. The van der Waals surface area contributed by atoms with E-state index in [-0.39, 0.29) is 36.0 Å². The van der Waals surface area contributed by atoms with E-state index in [0.29, 0.717) is 36.5 Å². The lowest BCUT2D eigenvalue weighted by molar-refractivity contribution is -0.131. The molecule has 5 rings (SSSR count). The highest BCUT2D eigenvalue weighted by atomic mass is 32.1. The van der Waals surface area contributed by atoms with Gasteiger partial charge in [-0.25, -0.2) is 14.4 Å². The summed E-state index contributed by atoms with van der Waals surface area (Å²) in [5.74, 6) is -0.458. The van der Waals surface area contributed by atoms with Gasteiger partial charge in [-0.15, -0.1) is 11.3 Å². The maximum absolute atomic E-state index is 13.6. The van der Waals surface area contributed by atoms with Gasteiger partial charge in [0.05, 0.1) is 28.5 Å². The van der Waals surface area contributed by atoms with E-state index in [1.807, 2.05) is 19.9 Å². The van der Waals surface area contributed by atoms with Gasteiger partial charge >= 0.3 is 0 Å². The van der Waals surface area contributed by atoms with Crippen LogP contribution in [0.1, 0.15) is 46.7 Å². The SMILES string of the molecule is Cc1cc2nc(NC(C)c3cncc(F)c3)nc(C(=O)N3CC(NC(=O)C4CCCO4)C3)c2s1. The van der Waals surface area contributed by atoms with Gasteiger partial charge in [-0.3, -0.25) is 14.6 Å². The molecule has 11 heteroatoms. The highest BCUT2D eigenvalue weighted by Crippen LogP contribution is 2.30. The molecule has 34 heavy (non-hydrogen) atoms. The normalized spacial score (nSPS) is 19.1. The van der Waals surface area contributed by atoms with Gasteiger partial charge in [-0.05, 0) is 44.4 Å². The third-order valence-electron chi connectivity index (χ3n) is 6.01. The van der Waals surface area contributed by atoms with Crippen LogP contribution < -0.4 is 10.6 Å². The number of carbonyl (C=O) groups excluding carboxylic acids is 2. The Kier molecular flexibility index (Phi) is 6.13. The molecule has 0 radical (unpaired) electrons. The van der Waals surface area contributed by atoms with Gasteiger partial charge in [-0.1, -0.05) is 0 Å². The molecule has 5 heterocycles. The number of fused-ring (bicyclic) bond motifs is 1. The molecule has 9 nitrogen and oxygen atoms in total. The van der Waals surface area contributed by atoms with Crippen molar-refractivity contribution in [1.82, 2.24) is 25.2 Å². The first kappa shape index (κ1) is 22.6. The van der Waals surface area contributed by atoms with Gasteiger partial charge in [0.15, 0.2) is 5.69 Å². The monoisotopic (exact) mass is 484 g/mol. The number of carbonyl (C=O) groups is 2. The standard InChI is InChI=1S/C23H25FN6O3S/c1-12-6-17-20(34-12)19(29-23(28-17)26-13(2)14-7-15(24)9-25-8-14)22(32)30-10-16(11-30)27-21(31)18-4-3-5-33-18/h6-9,13,16,18H,3-5,10-11H2,1-2H3,(H,27,31)(H,26,28,29). The van der Waals surface area contributed by atoms with Gasteiger partial charge in [0.2, 0.25) is 11.9 Å². The van der Waals surface area contributed by atoms with Crippen LogP contribution >= 0.6 is 11.3 Å².